The minimum absolute atomic E-state index is 0.0588. The van der Waals surface area contributed by atoms with Gasteiger partial charge in [0.05, 0.1) is 32.4 Å². The summed E-state index contributed by atoms with van der Waals surface area (Å²) < 4.78 is 13.7. The summed E-state index contributed by atoms with van der Waals surface area (Å²) in [7, 11) is 1.57. The SMILES string of the molecule is COc1cccc(-n2c(CC(=O)NC(C)(C)C)nn(-c3ccc(CCN4C5CCC4COC5)cn3)c2=O)c1. The normalized spacial score (nSPS) is 19.5. The Bertz CT molecular complexity index is 1320. The van der Waals surface area contributed by atoms with Gasteiger partial charge >= 0.3 is 5.69 Å². The Labute approximate surface area is 222 Å². The van der Waals surface area contributed by atoms with Crippen LogP contribution in [0.3, 0.4) is 0 Å². The van der Waals surface area contributed by atoms with Crippen LogP contribution in [0.5, 0.6) is 5.75 Å². The lowest BCUT2D eigenvalue weighted by molar-refractivity contribution is -0.121. The molecular formula is C28H36N6O4. The third-order valence-electron chi connectivity index (χ3n) is 7.07. The monoisotopic (exact) mass is 520 g/mol. The summed E-state index contributed by atoms with van der Waals surface area (Å²) in [6.45, 7) is 8.35. The van der Waals surface area contributed by atoms with Gasteiger partial charge in [-0.3, -0.25) is 9.69 Å². The van der Waals surface area contributed by atoms with E-state index in [-0.39, 0.29) is 12.3 Å². The number of nitrogens with one attached hydrogen (secondary N) is 1. The van der Waals surface area contributed by atoms with Gasteiger partial charge in [-0.05, 0) is 63.8 Å². The number of pyridine rings is 1. The molecule has 2 aromatic heterocycles. The van der Waals surface area contributed by atoms with E-state index in [1.165, 1.54) is 22.1 Å². The van der Waals surface area contributed by atoms with Gasteiger partial charge in [-0.25, -0.2) is 14.3 Å². The zero-order valence-corrected chi connectivity index (χ0v) is 22.5. The molecule has 38 heavy (non-hydrogen) atoms. The van der Waals surface area contributed by atoms with Crippen LogP contribution in [-0.4, -0.2) is 74.6 Å². The quantitative estimate of drug-likeness (QED) is 0.486. The van der Waals surface area contributed by atoms with E-state index in [1.54, 1.807) is 37.6 Å². The van der Waals surface area contributed by atoms with Gasteiger partial charge in [-0.15, -0.1) is 5.10 Å². The van der Waals surface area contributed by atoms with Gasteiger partial charge in [0.25, 0.3) is 0 Å². The van der Waals surface area contributed by atoms with Crippen molar-refractivity contribution in [2.24, 2.45) is 0 Å². The molecule has 2 unspecified atom stereocenters. The van der Waals surface area contributed by atoms with Crippen molar-refractivity contribution in [1.82, 2.24) is 29.5 Å². The van der Waals surface area contributed by atoms with Crippen LogP contribution in [0.25, 0.3) is 11.5 Å². The Morgan fingerprint density at radius 3 is 2.58 bits per heavy atom. The first-order valence-electron chi connectivity index (χ1n) is 13.2. The molecule has 4 heterocycles. The number of methoxy groups -OCH3 is 1. The third-order valence-corrected chi connectivity index (χ3v) is 7.07. The maximum absolute atomic E-state index is 13.6. The van der Waals surface area contributed by atoms with Crippen LogP contribution in [0.4, 0.5) is 0 Å². The van der Waals surface area contributed by atoms with Crippen LogP contribution in [0, 0.1) is 0 Å². The average Bonchev–Trinajstić information content (AvgIpc) is 3.31. The van der Waals surface area contributed by atoms with Crippen LogP contribution >= 0.6 is 0 Å². The van der Waals surface area contributed by atoms with Crippen molar-refractivity contribution in [3.63, 3.8) is 0 Å². The van der Waals surface area contributed by atoms with Gasteiger partial charge in [0.15, 0.2) is 5.82 Å². The second-order valence-electron chi connectivity index (χ2n) is 11.1. The molecule has 2 aliphatic rings. The lowest BCUT2D eigenvalue weighted by atomic mass is 10.1. The van der Waals surface area contributed by atoms with Crippen molar-refractivity contribution in [2.75, 3.05) is 26.9 Å². The molecule has 0 aliphatic carbocycles. The molecule has 0 saturated carbocycles. The van der Waals surface area contributed by atoms with E-state index in [4.69, 9.17) is 9.47 Å². The predicted octanol–water partition coefficient (Wildman–Crippen LogP) is 2.29. The molecule has 2 atom stereocenters. The Kier molecular flexibility index (Phi) is 7.36. The van der Waals surface area contributed by atoms with Gasteiger partial charge in [0.2, 0.25) is 5.91 Å². The Hall–Kier alpha value is -3.50. The minimum atomic E-state index is -0.404. The van der Waals surface area contributed by atoms with Crippen molar-refractivity contribution in [3.05, 3.63) is 64.5 Å². The topological polar surface area (TPSA) is 104 Å². The number of ether oxygens (including phenoxy) is 2. The van der Waals surface area contributed by atoms with Gasteiger partial charge in [0.1, 0.15) is 11.6 Å². The summed E-state index contributed by atoms with van der Waals surface area (Å²) in [6.07, 6.45) is 5.04. The fraction of sp³-hybridized carbons (Fsp3) is 0.500. The lowest BCUT2D eigenvalue weighted by Crippen LogP contribution is -2.46. The number of carbonyl (C=O) groups is 1. The molecule has 10 nitrogen and oxygen atoms in total. The fourth-order valence-corrected chi connectivity index (χ4v) is 5.31. The van der Waals surface area contributed by atoms with Crippen molar-refractivity contribution in [2.45, 2.75) is 64.1 Å². The zero-order chi connectivity index (χ0) is 26.9. The summed E-state index contributed by atoms with van der Waals surface area (Å²) in [6, 6.07) is 12.0. The number of hydrogen-bond donors (Lipinski definition) is 1. The van der Waals surface area contributed by atoms with Crippen molar-refractivity contribution in [3.8, 4) is 17.3 Å². The molecule has 5 rings (SSSR count). The third kappa shape index (κ3) is 5.66. The highest BCUT2D eigenvalue weighted by Gasteiger charge is 2.36. The first kappa shape index (κ1) is 26.1. The summed E-state index contributed by atoms with van der Waals surface area (Å²) >= 11 is 0. The molecule has 0 radical (unpaired) electrons. The van der Waals surface area contributed by atoms with E-state index in [1.807, 2.05) is 32.9 Å². The molecule has 3 aromatic rings. The van der Waals surface area contributed by atoms with E-state index >= 15 is 0 Å². The maximum atomic E-state index is 13.6. The Morgan fingerprint density at radius 1 is 1.16 bits per heavy atom. The Morgan fingerprint density at radius 2 is 1.92 bits per heavy atom. The van der Waals surface area contributed by atoms with Gasteiger partial charge < -0.3 is 14.8 Å². The molecule has 1 aromatic carbocycles. The molecule has 2 aliphatic heterocycles. The summed E-state index contributed by atoms with van der Waals surface area (Å²) in [4.78, 5) is 33.5. The first-order valence-corrected chi connectivity index (χ1v) is 13.2. The van der Waals surface area contributed by atoms with Crippen LogP contribution in [0.1, 0.15) is 45.0 Å². The lowest BCUT2D eigenvalue weighted by Gasteiger charge is -2.34. The largest absolute Gasteiger partial charge is 0.497 e. The van der Waals surface area contributed by atoms with Gasteiger partial charge in [-0.2, -0.15) is 4.68 Å². The molecule has 10 heteroatoms. The smallest absolute Gasteiger partial charge is 0.356 e. The summed E-state index contributed by atoms with van der Waals surface area (Å²) in [5.41, 5.74) is 0.862. The standard InChI is InChI=1S/C28H36N6O4/c1-28(2,3)30-26(35)15-25-31-34(27(36)33(25)20-6-5-7-23(14-20)37-4)24-11-8-19(16-29-24)12-13-32-21-9-10-22(32)18-38-17-21/h5-8,11,14,16,21-22H,9-10,12-13,15,17-18H2,1-4H3,(H,30,35). The number of carbonyl (C=O) groups excluding carboxylic acids is 1. The molecule has 1 N–H and O–H groups in total. The number of fused-ring (bicyclic) bond motifs is 2. The maximum Gasteiger partial charge on any atom is 0.356 e. The van der Waals surface area contributed by atoms with E-state index in [2.05, 4.69) is 20.3 Å². The molecule has 1 amide bonds. The van der Waals surface area contributed by atoms with Crippen LogP contribution in [0.15, 0.2) is 47.4 Å². The van der Waals surface area contributed by atoms with Crippen molar-refractivity contribution < 1.29 is 14.3 Å². The minimum Gasteiger partial charge on any atom is -0.497 e. The molecule has 0 spiro atoms. The summed E-state index contributed by atoms with van der Waals surface area (Å²) in [5, 5.41) is 7.48. The highest BCUT2D eigenvalue weighted by Crippen LogP contribution is 2.28. The van der Waals surface area contributed by atoms with Crippen LogP contribution in [-0.2, 0) is 22.4 Å². The van der Waals surface area contributed by atoms with E-state index < -0.39 is 11.2 Å². The highest BCUT2D eigenvalue weighted by atomic mass is 16.5. The van der Waals surface area contributed by atoms with Crippen molar-refractivity contribution >= 4 is 5.91 Å². The molecule has 2 bridgehead atoms. The Balaban J connectivity index is 1.40. The molecule has 2 saturated heterocycles. The van der Waals surface area contributed by atoms with Crippen LogP contribution < -0.4 is 15.7 Å². The van der Waals surface area contributed by atoms with Gasteiger partial charge in [-0.1, -0.05) is 12.1 Å². The molecular weight excluding hydrogens is 484 g/mol. The number of rotatable bonds is 8. The van der Waals surface area contributed by atoms with E-state index in [9.17, 15) is 9.59 Å². The fourth-order valence-electron chi connectivity index (χ4n) is 5.31. The van der Waals surface area contributed by atoms with Crippen LogP contribution in [0.2, 0.25) is 0 Å². The highest BCUT2D eigenvalue weighted by molar-refractivity contribution is 5.78. The van der Waals surface area contributed by atoms with E-state index in [0.29, 0.717) is 35.2 Å². The van der Waals surface area contributed by atoms with E-state index in [0.717, 1.165) is 31.7 Å². The predicted molar refractivity (Wildman–Crippen MR) is 143 cm³/mol. The average molecular weight is 521 g/mol. The number of amides is 1. The van der Waals surface area contributed by atoms with Crippen molar-refractivity contribution in [1.29, 1.82) is 0 Å². The number of nitrogens with zero attached hydrogens (tertiary/aromatic N) is 5. The number of morpholine rings is 1. The zero-order valence-electron chi connectivity index (χ0n) is 22.5. The number of benzene rings is 1. The second-order valence-corrected chi connectivity index (χ2v) is 11.1. The number of aromatic nitrogens is 4. The first-order chi connectivity index (χ1) is 18.2. The second kappa shape index (κ2) is 10.7. The number of hydrogen-bond acceptors (Lipinski definition) is 7. The summed E-state index contributed by atoms with van der Waals surface area (Å²) in [5.74, 6) is 1.10. The molecule has 2 fully saturated rings. The molecule has 202 valence electrons. The van der Waals surface area contributed by atoms with Gasteiger partial charge in [0, 0.05) is 36.4 Å².